The zero-order chi connectivity index (χ0) is 12.3. The molecular formula is C13H27N3O. The predicted octanol–water partition coefficient (Wildman–Crippen LogP) is 0.519. The third-order valence-corrected chi connectivity index (χ3v) is 4.27. The molecular weight excluding hydrogens is 214 g/mol. The van der Waals surface area contributed by atoms with Gasteiger partial charge >= 0.3 is 0 Å². The molecule has 2 fully saturated rings. The molecule has 17 heavy (non-hydrogen) atoms. The van der Waals surface area contributed by atoms with Crippen molar-refractivity contribution in [2.24, 2.45) is 5.73 Å². The van der Waals surface area contributed by atoms with Crippen LogP contribution < -0.4 is 5.73 Å². The standard InChI is InChI=1S/C13H27N3O/c1-3-13-8-11(4-7-17-13)16-6-5-15(2)10-12(16)9-14/h11-13H,3-10,14H2,1-2H3. The highest BCUT2D eigenvalue weighted by Crippen LogP contribution is 2.24. The van der Waals surface area contributed by atoms with Crippen LogP contribution in [0.15, 0.2) is 0 Å². The van der Waals surface area contributed by atoms with Gasteiger partial charge in [0.25, 0.3) is 0 Å². The molecule has 0 radical (unpaired) electrons. The molecule has 2 heterocycles. The van der Waals surface area contributed by atoms with Crippen LogP contribution in [0.2, 0.25) is 0 Å². The van der Waals surface area contributed by atoms with Gasteiger partial charge in [0, 0.05) is 44.9 Å². The molecule has 2 aliphatic heterocycles. The lowest BCUT2D eigenvalue weighted by atomic mass is 9.97. The van der Waals surface area contributed by atoms with Gasteiger partial charge in [0.05, 0.1) is 6.10 Å². The summed E-state index contributed by atoms with van der Waals surface area (Å²) in [5.74, 6) is 0. The maximum atomic E-state index is 5.93. The second-order valence-corrected chi connectivity index (χ2v) is 5.47. The molecule has 2 aliphatic rings. The van der Waals surface area contributed by atoms with Gasteiger partial charge in [-0.25, -0.2) is 0 Å². The Kier molecular flexibility index (Phi) is 4.79. The number of rotatable bonds is 3. The van der Waals surface area contributed by atoms with Crippen LogP contribution in [0.3, 0.4) is 0 Å². The van der Waals surface area contributed by atoms with Gasteiger partial charge in [0.15, 0.2) is 0 Å². The lowest BCUT2D eigenvalue weighted by Gasteiger charge is -2.46. The van der Waals surface area contributed by atoms with Crippen LogP contribution in [0.1, 0.15) is 26.2 Å². The molecule has 4 nitrogen and oxygen atoms in total. The molecule has 100 valence electrons. The first-order valence-electron chi connectivity index (χ1n) is 7.00. The SMILES string of the molecule is CCC1CC(N2CCN(C)CC2CN)CCO1. The molecule has 3 atom stereocenters. The van der Waals surface area contributed by atoms with Crippen LogP contribution in [0, 0.1) is 0 Å². The van der Waals surface area contributed by atoms with Crippen molar-refractivity contribution in [2.45, 2.75) is 44.4 Å². The Morgan fingerprint density at radius 3 is 2.88 bits per heavy atom. The van der Waals surface area contributed by atoms with Crippen molar-refractivity contribution in [1.82, 2.24) is 9.80 Å². The molecule has 3 unspecified atom stereocenters. The van der Waals surface area contributed by atoms with E-state index in [1.807, 2.05) is 0 Å². The van der Waals surface area contributed by atoms with E-state index in [0.29, 0.717) is 18.2 Å². The maximum Gasteiger partial charge on any atom is 0.0587 e. The summed E-state index contributed by atoms with van der Waals surface area (Å²) in [4.78, 5) is 5.04. The first kappa shape index (κ1) is 13.3. The second-order valence-electron chi connectivity index (χ2n) is 5.47. The Morgan fingerprint density at radius 2 is 2.18 bits per heavy atom. The lowest BCUT2D eigenvalue weighted by Crippen LogP contribution is -2.59. The van der Waals surface area contributed by atoms with Gasteiger partial charge in [-0.15, -0.1) is 0 Å². The van der Waals surface area contributed by atoms with E-state index >= 15 is 0 Å². The monoisotopic (exact) mass is 241 g/mol. The topological polar surface area (TPSA) is 41.7 Å². The quantitative estimate of drug-likeness (QED) is 0.782. The van der Waals surface area contributed by atoms with Crippen molar-refractivity contribution >= 4 is 0 Å². The van der Waals surface area contributed by atoms with Gasteiger partial charge < -0.3 is 15.4 Å². The first-order chi connectivity index (χ1) is 8.24. The lowest BCUT2D eigenvalue weighted by molar-refractivity contribution is -0.0499. The van der Waals surface area contributed by atoms with Crippen molar-refractivity contribution in [3.05, 3.63) is 0 Å². The fourth-order valence-electron chi connectivity index (χ4n) is 3.16. The first-order valence-corrected chi connectivity index (χ1v) is 7.00. The van der Waals surface area contributed by atoms with Crippen LogP contribution in [0.4, 0.5) is 0 Å². The summed E-state index contributed by atoms with van der Waals surface area (Å²) in [6.07, 6.45) is 3.97. The zero-order valence-electron chi connectivity index (χ0n) is 11.3. The Bertz CT molecular complexity index is 237. The summed E-state index contributed by atoms with van der Waals surface area (Å²) in [6, 6.07) is 1.23. The summed E-state index contributed by atoms with van der Waals surface area (Å²) in [5, 5.41) is 0. The molecule has 2 rings (SSSR count). The Morgan fingerprint density at radius 1 is 1.35 bits per heavy atom. The second kappa shape index (κ2) is 6.14. The maximum absolute atomic E-state index is 5.93. The minimum absolute atomic E-state index is 0.465. The van der Waals surface area contributed by atoms with E-state index in [2.05, 4.69) is 23.8 Å². The van der Waals surface area contributed by atoms with Crippen molar-refractivity contribution in [3.8, 4) is 0 Å². The number of hydrogen-bond donors (Lipinski definition) is 1. The van der Waals surface area contributed by atoms with Gasteiger partial charge in [-0.3, -0.25) is 4.90 Å². The van der Waals surface area contributed by atoms with Crippen LogP contribution in [-0.2, 0) is 4.74 Å². The van der Waals surface area contributed by atoms with Crippen molar-refractivity contribution in [3.63, 3.8) is 0 Å². The van der Waals surface area contributed by atoms with Crippen LogP contribution in [-0.4, -0.2) is 67.8 Å². The van der Waals surface area contributed by atoms with Crippen LogP contribution in [0.5, 0.6) is 0 Å². The van der Waals surface area contributed by atoms with E-state index in [1.165, 1.54) is 25.9 Å². The predicted molar refractivity (Wildman–Crippen MR) is 70.1 cm³/mol. The summed E-state index contributed by atoms with van der Waals surface area (Å²) in [6.45, 7) is 7.37. The fraction of sp³-hybridized carbons (Fsp3) is 1.00. The summed E-state index contributed by atoms with van der Waals surface area (Å²) in [5.41, 5.74) is 5.93. The normalized spacial score (nSPS) is 37.2. The highest BCUT2D eigenvalue weighted by molar-refractivity contribution is 4.88. The molecule has 0 spiro atoms. The van der Waals surface area contributed by atoms with Crippen molar-refractivity contribution in [1.29, 1.82) is 0 Å². The highest BCUT2D eigenvalue weighted by atomic mass is 16.5. The molecule has 0 saturated carbocycles. The Hall–Kier alpha value is -0.160. The van der Waals surface area contributed by atoms with E-state index in [9.17, 15) is 0 Å². The average Bonchev–Trinajstić information content (AvgIpc) is 2.38. The van der Waals surface area contributed by atoms with Crippen molar-refractivity contribution in [2.75, 3.05) is 39.8 Å². The number of likely N-dealkylation sites (N-methyl/N-ethyl adjacent to an activating group) is 1. The molecule has 0 bridgehead atoms. The van der Waals surface area contributed by atoms with Crippen LogP contribution >= 0.6 is 0 Å². The summed E-state index contributed by atoms with van der Waals surface area (Å²) >= 11 is 0. The molecule has 4 heteroatoms. The van der Waals surface area contributed by atoms with Gasteiger partial charge in [-0.05, 0) is 26.3 Å². The number of piperazine rings is 1. The molecule has 0 amide bonds. The molecule has 0 aromatic heterocycles. The number of nitrogens with two attached hydrogens (primary N) is 1. The van der Waals surface area contributed by atoms with Gasteiger partial charge in [0.2, 0.25) is 0 Å². The molecule has 0 aromatic carbocycles. The minimum atomic E-state index is 0.465. The van der Waals surface area contributed by atoms with E-state index in [4.69, 9.17) is 10.5 Å². The summed E-state index contributed by atoms with van der Waals surface area (Å²) in [7, 11) is 2.19. The zero-order valence-corrected chi connectivity index (χ0v) is 11.3. The van der Waals surface area contributed by atoms with Gasteiger partial charge in [-0.1, -0.05) is 6.92 Å². The Balaban J connectivity index is 1.95. The van der Waals surface area contributed by atoms with E-state index in [1.54, 1.807) is 0 Å². The molecule has 2 saturated heterocycles. The largest absolute Gasteiger partial charge is 0.378 e. The van der Waals surface area contributed by atoms with Gasteiger partial charge in [0.1, 0.15) is 0 Å². The van der Waals surface area contributed by atoms with Crippen LogP contribution in [0.25, 0.3) is 0 Å². The third kappa shape index (κ3) is 3.19. The van der Waals surface area contributed by atoms with Crippen molar-refractivity contribution < 1.29 is 4.74 Å². The smallest absolute Gasteiger partial charge is 0.0587 e. The van der Waals surface area contributed by atoms with E-state index < -0.39 is 0 Å². The third-order valence-electron chi connectivity index (χ3n) is 4.27. The van der Waals surface area contributed by atoms with E-state index in [-0.39, 0.29) is 0 Å². The average molecular weight is 241 g/mol. The number of ether oxygens (including phenoxy) is 1. The molecule has 0 aromatic rings. The minimum Gasteiger partial charge on any atom is -0.378 e. The summed E-state index contributed by atoms with van der Waals surface area (Å²) < 4.78 is 5.77. The fourth-order valence-corrected chi connectivity index (χ4v) is 3.16. The van der Waals surface area contributed by atoms with E-state index in [0.717, 1.165) is 26.1 Å². The highest BCUT2D eigenvalue weighted by Gasteiger charge is 2.33. The molecule has 2 N–H and O–H groups in total. The number of hydrogen-bond acceptors (Lipinski definition) is 4. The molecule has 0 aliphatic carbocycles. The number of nitrogens with zero attached hydrogens (tertiary/aromatic N) is 2. The van der Waals surface area contributed by atoms with Gasteiger partial charge in [-0.2, -0.15) is 0 Å². The Labute approximate surface area is 105 Å².